The van der Waals surface area contributed by atoms with Crippen LogP contribution in [-0.2, 0) is 26.0 Å². The number of imide groups is 2. The fourth-order valence-corrected chi connectivity index (χ4v) is 4.03. The molecule has 26 heavy (non-hydrogen) atoms. The highest BCUT2D eigenvalue weighted by molar-refractivity contribution is 7.89. The first-order chi connectivity index (χ1) is 12.1. The van der Waals surface area contributed by atoms with Crippen LogP contribution in [0.1, 0.15) is 12.0 Å². The number of fused-ring (bicyclic) bond motifs is 1. The number of hydrogen-bond donors (Lipinski definition) is 0. The summed E-state index contributed by atoms with van der Waals surface area (Å²) in [4.78, 5) is 39.4. The van der Waals surface area contributed by atoms with Crippen molar-refractivity contribution < 1.29 is 22.8 Å². The first-order valence-corrected chi connectivity index (χ1v) is 9.52. The van der Waals surface area contributed by atoms with E-state index in [4.69, 9.17) is 0 Å². The fraction of sp³-hybridized carbons (Fsp3) is 0.438. The largest absolute Gasteiger partial charge is 0.353 e. The van der Waals surface area contributed by atoms with Crippen LogP contribution in [0.3, 0.4) is 0 Å². The van der Waals surface area contributed by atoms with Gasteiger partial charge in [0, 0.05) is 33.4 Å². The van der Waals surface area contributed by atoms with E-state index >= 15 is 0 Å². The molecule has 0 N–H and O–H groups in total. The second-order valence-corrected chi connectivity index (χ2v) is 8.62. The normalized spacial score (nSPS) is 18.2. The number of amides is 4. The van der Waals surface area contributed by atoms with Gasteiger partial charge in [0.1, 0.15) is 6.67 Å². The molecule has 4 amide bonds. The van der Waals surface area contributed by atoms with Gasteiger partial charge >= 0.3 is 17.8 Å². The van der Waals surface area contributed by atoms with Gasteiger partial charge in [-0.15, -0.1) is 0 Å². The molecule has 0 aromatic heterocycles. The minimum Gasteiger partial charge on any atom is -0.353 e. The second-order valence-electron chi connectivity index (χ2n) is 6.47. The Morgan fingerprint density at radius 2 is 1.81 bits per heavy atom. The van der Waals surface area contributed by atoms with Gasteiger partial charge < -0.3 is 4.90 Å². The molecule has 0 saturated carbocycles. The molecule has 2 aliphatic rings. The monoisotopic (exact) mass is 380 g/mol. The van der Waals surface area contributed by atoms with Gasteiger partial charge in [0.05, 0.1) is 4.90 Å². The number of carbonyl (C=O) groups excluding carboxylic acids is 3. The van der Waals surface area contributed by atoms with E-state index in [0.29, 0.717) is 13.0 Å². The molecule has 10 heteroatoms. The van der Waals surface area contributed by atoms with Crippen LogP contribution in [0.25, 0.3) is 0 Å². The van der Waals surface area contributed by atoms with Crippen LogP contribution >= 0.6 is 0 Å². The SMILES string of the molecule is CN1C(=O)C(=O)N(CN2CCCc3cc(S(=O)(=O)N(C)C)ccc32)C1=O. The number of anilines is 1. The molecule has 1 saturated heterocycles. The maximum Gasteiger partial charge on any atom is 0.335 e. The maximum atomic E-state index is 12.3. The average molecular weight is 380 g/mol. The Hall–Kier alpha value is -2.46. The standard InChI is InChI=1S/C16H20N4O5S/c1-17(2)26(24,25)12-6-7-13-11(9-12)5-4-8-19(13)10-20-15(22)14(21)18(3)16(20)23/h6-7,9H,4-5,8,10H2,1-3H3. The highest BCUT2D eigenvalue weighted by Crippen LogP contribution is 2.30. The van der Waals surface area contributed by atoms with E-state index in [-0.39, 0.29) is 11.6 Å². The fourth-order valence-electron chi connectivity index (χ4n) is 3.08. The minimum absolute atomic E-state index is 0.0411. The summed E-state index contributed by atoms with van der Waals surface area (Å²) < 4.78 is 25.8. The predicted octanol–water partition coefficient (Wildman–Crippen LogP) is 0.0676. The van der Waals surface area contributed by atoms with Gasteiger partial charge in [0.25, 0.3) is 0 Å². The molecule has 0 bridgehead atoms. The molecular weight excluding hydrogens is 360 g/mol. The molecule has 140 valence electrons. The molecule has 9 nitrogen and oxygen atoms in total. The van der Waals surface area contributed by atoms with Crippen molar-refractivity contribution in [1.82, 2.24) is 14.1 Å². The van der Waals surface area contributed by atoms with Crippen molar-refractivity contribution in [2.75, 3.05) is 39.3 Å². The first-order valence-electron chi connectivity index (χ1n) is 8.08. The Bertz CT molecular complexity index is 896. The number of aryl methyl sites for hydroxylation is 1. The first kappa shape index (κ1) is 18.3. The smallest absolute Gasteiger partial charge is 0.335 e. The van der Waals surface area contributed by atoms with Gasteiger partial charge in [0.15, 0.2) is 0 Å². The number of likely N-dealkylation sites (N-methyl/N-ethyl adjacent to an activating group) is 1. The number of urea groups is 1. The number of nitrogens with zero attached hydrogens (tertiary/aromatic N) is 4. The van der Waals surface area contributed by atoms with Gasteiger partial charge in [-0.25, -0.2) is 22.4 Å². The third-order valence-electron chi connectivity index (χ3n) is 4.61. The molecule has 1 aromatic rings. The topological polar surface area (TPSA) is 98.3 Å². The Balaban J connectivity index is 1.90. The lowest BCUT2D eigenvalue weighted by molar-refractivity contribution is -0.142. The zero-order chi connectivity index (χ0) is 19.2. The maximum absolute atomic E-state index is 12.3. The lowest BCUT2D eigenvalue weighted by Crippen LogP contribution is -2.44. The van der Waals surface area contributed by atoms with Crippen LogP contribution in [0.2, 0.25) is 0 Å². The molecule has 0 atom stereocenters. The molecule has 0 spiro atoms. The average Bonchev–Trinajstić information content (AvgIpc) is 2.79. The summed E-state index contributed by atoms with van der Waals surface area (Å²) >= 11 is 0. The molecule has 1 aromatic carbocycles. The molecular formula is C16H20N4O5S. The zero-order valence-electron chi connectivity index (χ0n) is 14.8. The molecule has 2 aliphatic heterocycles. The van der Waals surface area contributed by atoms with Crippen molar-refractivity contribution >= 4 is 33.6 Å². The molecule has 3 rings (SSSR count). The van der Waals surface area contributed by atoms with E-state index in [1.165, 1.54) is 27.2 Å². The van der Waals surface area contributed by atoms with Crippen molar-refractivity contribution in [1.29, 1.82) is 0 Å². The van der Waals surface area contributed by atoms with Crippen molar-refractivity contribution in [2.45, 2.75) is 17.7 Å². The van der Waals surface area contributed by atoms with E-state index < -0.39 is 27.9 Å². The third kappa shape index (κ3) is 2.84. The summed E-state index contributed by atoms with van der Waals surface area (Å²) in [5.41, 5.74) is 1.59. The van der Waals surface area contributed by atoms with E-state index in [2.05, 4.69) is 0 Å². The second kappa shape index (κ2) is 6.36. The van der Waals surface area contributed by atoms with E-state index in [0.717, 1.165) is 31.8 Å². The summed E-state index contributed by atoms with van der Waals surface area (Å²) in [5.74, 6) is -1.70. The van der Waals surface area contributed by atoms with Crippen molar-refractivity contribution in [3.05, 3.63) is 23.8 Å². The summed E-state index contributed by atoms with van der Waals surface area (Å²) in [6.07, 6.45) is 1.45. The molecule has 1 fully saturated rings. The van der Waals surface area contributed by atoms with Gasteiger partial charge in [-0.2, -0.15) is 0 Å². The van der Waals surface area contributed by atoms with E-state index in [1.807, 2.05) is 4.90 Å². The van der Waals surface area contributed by atoms with E-state index in [9.17, 15) is 22.8 Å². The van der Waals surface area contributed by atoms with Crippen molar-refractivity contribution in [3.8, 4) is 0 Å². The quantitative estimate of drug-likeness (QED) is 0.541. The highest BCUT2D eigenvalue weighted by atomic mass is 32.2. The van der Waals surface area contributed by atoms with Crippen LogP contribution in [0.15, 0.2) is 23.1 Å². The summed E-state index contributed by atoms with van der Waals surface area (Å²) in [7, 11) is 0.674. The van der Waals surface area contributed by atoms with Crippen LogP contribution in [0, 0.1) is 0 Å². The number of benzene rings is 1. The molecule has 2 heterocycles. The summed E-state index contributed by atoms with van der Waals surface area (Å²) in [6.45, 7) is 0.558. The predicted molar refractivity (Wildman–Crippen MR) is 92.9 cm³/mol. The highest BCUT2D eigenvalue weighted by Gasteiger charge is 2.43. The number of rotatable bonds is 4. The number of carbonyl (C=O) groups is 3. The van der Waals surface area contributed by atoms with Gasteiger partial charge in [-0.3, -0.25) is 14.5 Å². The third-order valence-corrected chi connectivity index (χ3v) is 6.42. The van der Waals surface area contributed by atoms with Gasteiger partial charge in [-0.05, 0) is 36.6 Å². The zero-order valence-corrected chi connectivity index (χ0v) is 15.6. The van der Waals surface area contributed by atoms with Gasteiger partial charge in [-0.1, -0.05) is 0 Å². The number of sulfonamides is 1. The summed E-state index contributed by atoms with van der Waals surface area (Å²) in [6, 6.07) is 4.17. The van der Waals surface area contributed by atoms with Crippen LogP contribution in [0.5, 0.6) is 0 Å². The van der Waals surface area contributed by atoms with Gasteiger partial charge in [0.2, 0.25) is 10.0 Å². The number of hydrogen-bond acceptors (Lipinski definition) is 6. The molecule has 0 aliphatic carbocycles. The summed E-state index contributed by atoms with van der Waals surface area (Å²) in [5, 5.41) is 0. The van der Waals surface area contributed by atoms with Crippen molar-refractivity contribution in [3.63, 3.8) is 0 Å². The van der Waals surface area contributed by atoms with Crippen LogP contribution < -0.4 is 4.90 Å². The molecule has 0 radical (unpaired) electrons. The lowest BCUT2D eigenvalue weighted by atomic mass is 10.0. The Morgan fingerprint density at radius 3 is 2.38 bits per heavy atom. The Kier molecular flexibility index (Phi) is 4.49. The van der Waals surface area contributed by atoms with Crippen LogP contribution in [-0.4, -0.2) is 74.7 Å². The lowest BCUT2D eigenvalue weighted by Gasteiger charge is -2.33. The van der Waals surface area contributed by atoms with Crippen LogP contribution in [0.4, 0.5) is 10.5 Å². The minimum atomic E-state index is -3.54. The van der Waals surface area contributed by atoms with E-state index in [1.54, 1.807) is 12.1 Å². The Morgan fingerprint density at radius 1 is 1.12 bits per heavy atom. The molecule has 0 unspecified atom stereocenters. The van der Waals surface area contributed by atoms with Crippen molar-refractivity contribution in [2.24, 2.45) is 0 Å². The Labute approximate surface area is 151 Å².